The molecule has 1 aliphatic heterocycles. The van der Waals surface area contributed by atoms with Crippen molar-refractivity contribution in [2.24, 2.45) is 0 Å². The van der Waals surface area contributed by atoms with Gasteiger partial charge in [0.05, 0.1) is 18.5 Å². The minimum atomic E-state index is -3.22. The molecule has 1 saturated heterocycles. The Morgan fingerprint density at radius 1 is 1.03 bits per heavy atom. The lowest BCUT2D eigenvalue weighted by atomic mass is 10.2. The lowest BCUT2D eigenvalue weighted by molar-refractivity contribution is 0.0369. The number of morpholine rings is 1. The lowest BCUT2D eigenvalue weighted by Crippen LogP contribution is -2.41. The maximum atomic E-state index is 13.2. The van der Waals surface area contributed by atoms with E-state index in [1.54, 1.807) is 28.8 Å². The third kappa shape index (κ3) is 9.13. The Hall–Kier alpha value is -1.75. The third-order valence-electron chi connectivity index (χ3n) is 6.63. The molecule has 3 rings (SSSR count). The van der Waals surface area contributed by atoms with Gasteiger partial charge in [-0.3, -0.25) is 9.88 Å². The predicted molar refractivity (Wildman–Crippen MR) is 134 cm³/mol. The molecule has 0 atom stereocenters. The van der Waals surface area contributed by atoms with E-state index in [9.17, 15) is 13.2 Å². The number of amides is 2. The highest BCUT2D eigenvalue weighted by atomic mass is 32.2. The van der Waals surface area contributed by atoms with E-state index >= 15 is 0 Å². The molecule has 2 N–H and O–H groups in total. The van der Waals surface area contributed by atoms with E-state index < -0.39 is 10.0 Å². The number of hydrogen-bond acceptors (Lipinski definition) is 6. The second-order valence-corrected chi connectivity index (χ2v) is 11.4. The number of ether oxygens (including phenoxy) is 1. The maximum absolute atomic E-state index is 13.2. The summed E-state index contributed by atoms with van der Waals surface area (Å²) >= 11 is 0. The number of anilines is 1. The maximum Gasteiger partial charge on any atom is 0.319 e. The normalized spacial score (nSPS) is 17.8. The molecule has 1 aromatic heterocycles. The van der Waals surface area contributed by atoms with Gasteiger partial charge in [-0.1, -0.05) is 25.7 Å². The number of nitrogens with zero attached hydrogens (tertiary/aromatic N) is 3. The fourth-order valence-electron chi connectivity index (χ4n) is 4.64. The van der Waals surface area contributed by atoms with E-state index in [0.717, 1.165) is 90.6 Å². The van der Waals surface area contributed by atoms with E-state index in [0.29, 0.717) is 25.3 Å². The summed E-state index contributed by atoms with van der Waals surface area (Å²) in [4.78, 5) is 18.2. The van der Waals surface area contributed by atoms with Gasteiger partial charge in [-0.25, -0.2) is 17.5 Å². The van der Waals surface area contributed by atoms with Crippen molar-refractivity contribution in [1.82, 2.24) is 19.5 Å². The summed E-state index contributed by atoms with van der Waals surface area (Å²) in [6.07, 6.45) is 11.4. The number of sulfonamides is 1. The van der Waals surface area contributed by atoms with Crippen molar-refractivity contribution in [2.45, 2.75) is 63.0 Å². The highest BCUT2D eigenvalue weighted by Crippen LogP contribution is 2.27. The Labute approximate surface area is 204 Å². The number of carbonyl (C=O) groups is 1. The standard InChI is InChI=1S/C24H41N5O4S/c30-24(27-22-10-13-25-14-11-22)26-12-5-1-2-6-16-29(34(31,32)23-8-3-4-9-23)17-7-15-28-18-20-33-21-19-28/h10-11,13-14,23H,1-9,12,15-21H2,(H2,25,26,27,30). The van der Waals surface area contributed by atoms with Crippen molar-refractivity contribution in [2.75, 3.05) is 57.8 Å². The van der Waals surface area contributed by atoms with Gasteiger partial charge in [-0.15, -0.1) is 0 Å². The van der Waals surface area contributed by atoms with Crippen molar-refractivity contribution in [3.8, 4) is 0 Å². The number of rotatable bonds is 14. The van der Waals surface area contributed by atoms with Gasteiger partial charge in [0, 0.05) is 50.8 Å². The number of urea groups is 1. The number of carbonyl (C=O) groups excluding carboxylic acids is 1. The Bertz CT molecular complexity index is 812. The van der Waals surface area contributed by atoms with Gasteiger partial charge in [0.25, 0.3) is 0 Å². The van der Waals surface area contributed by atoms with Crippen LogP contribution in [0, 0.1) is 0 Å². The van der Waals surface area contributed by atoms with Crippen LogP contribution >= 0.6 is 0 Å². The predicted octanol–water partition coefficient (Wildman–Crippen LogP) is 3.06. The summed E-state index contributed by atoms with van der Waals surface area (Å²) in [5, 5.41) is 5.44. The van der Waals surface area contributed by atoms with Crippen molar-refractivity contribution in [3.63, 3.8) is 0 Å². The minimum Gasteiger partial charge on any atom is -0.379 e. The summed E-state index contributed by atoms with van der Waals surface area (Å²) in [5.41, 5.74) is 0.713. The topological polar surface area (TPSA) is 104 Å². The Kier molecular flexibility index (Phi) is 11.5. The van der Waals surface area contributed by atoms with E-state index in [1.165, 1.54) is 0 Å². The average Bonchev–Trinajstić information content (AvgIpc) is 3.40. The highest BCUT2D eigenvalue weighted by molar-refractivity contribution is 7.89. The van der Waals surface area contributed by atoms with Crippen LogP contribution in [0.3, 0.4) is 0 Å². The number of hydrogen-bond donors (Lipinski definition) is 2. The van der Waals surface area contributed by atoms with Gasteiger partial charge >= 0.3 is 6.03 Å². The van der Waals surface area contributed by atoms with Crippen LogP contribution in [0.1, 0.15) is 57.8 Å². The summed E-state index contributed by atoms with van der Waals surface area (Å²) < 4.78 is 33.7. The van der Waals surface area contributed by atoms with Gasteiger partial charge in [0.1, 0.15) is 0 Å². The van der Waals surface area contributed by atoms with E-state index in [2.05, 4.69) is 20.5 Å². The SMILES string of the molecule is O=C(NCCCCCCN(CCCN1CCOCC1)S(=O)(=O)C1CCCC1)Nc1ccncc1. The van der Waals surface area contributed by atoms with Crippen LogP contribution in [0.15, 0.2) is 24.5 Å². The molecular formula is C24H41N5O4S. The van der Waals surface area contributed by atoms with Gasteiger partial charge < -0.3 is 15.4 Å². The van der Waals surface area contributed by atoms with Crippen LogP contribution in [0.4, 0.5) is 10.5 Å². The molecule has 10 heteroatoms. The molecule has 1 saturated carbocycles. The monoisotopic (exact) mass is 495 g/mol. The molecule has 0 radical (unpaired) electrons. The fraction of sp³-hybridized carbons (Fsp3) is 0.750. The van der Waals surface area contributed by atoms with Crippen molar-refractivity contribution < 1.29 is 17.9 Å². The van der Waals surface area contributed by atoms with Crippen LogP contribution < -0.4 is 10.6 Å². The van der Waals surface area contributed by atoms with Crippen molar-refractivity contribution in [1.29, 1.82) is 0 Å². The first-order valence-corrected chi connectivity index (χ1v) is 14.3. The van der Waals surface area contributed by atoms with Crippen molar-refractivity contribution >= 4 is 21.7 Å². The van der Waals surface area contributed by atoms with E-state index in [4.69, 9.17) is 4.74 Å². The van der Waals surface area contributed by atoms with Crippen LogP contribution in [0.25, 0.3) is 0 Å². The molecule has 0 bridgehead atoms. The van der Waals surface area contributed by atoms with Gasteiger partial charge in [-0.2, -0.15) is 0 Å². The van der Waals surface area contributed by atoms with Gasteiger partial charge in [-0.05, 0) is 50.8 Å². The smallest absolute Gasteiger partial charge is 0.319 e. The molecule has 2 amide bonds. The van der Waals surface area contributed by atoms with Crippen LogP contribution in [-0.2, 0) is 14.8 Å². The van der Waals surface area contributed by atoms with Gasteiger partial charge in [0.15, 0.2) is 0 Å². The second kappa shape index (κ2) is 14.6. The van der Waals surface area contributed by atoms with E-state index in [-0.39, 0.29) is 11.3 Å². The van der Waals surface area contributed by atoms with E-state index in [1.807, 2.05) is 0 Å². The summed E-state index contributed by atoms with van der Waals surface area (Å²) in [6, 6.07) is 3.26. The summed E-state index contributed by atoms with van der Waals surface area (Å²) in [7, 11) is -3.22. The quantitative estimate of drug-likeness (QED) is 0.385. The Balaban J connectivity index is 1.34. The first-order valence-electron chi connectivity index (χ1n) is 12.8. The Morgan fingerprint density at radius 2 is 1.71 bits per heavy atom. The van der Waals surface area contributed by atoms with Crippen LogP contribution in [0.2, 0.25) is 0 Å². The summed E-state index contributed by atoms with van der Waals surface area (Å²) in [5.74, 6) is 0. The molecule has 2 fully saturated rings. The number of unbranched alkanes of at least 4 members (excludes halogenated alkanes) is 3. The molecule has 0 unspecified atom stereocenters. The molecule has 192 valence electrons. The van der Waals surface area contributed by atoms with Crippen LogP contribution in [-0.4, -0.2) is 86.4 Å². The van der Waals surface area contributed by atoms with Crippen molar-refractivity contribution in [3.05, 3.63) is 24.5 Å². The fourth-order valence-corrected chi connectivity index (χ4v) is 6.76. The molecule has 0 aromatic carbocycles. The molecule has 9 nitrogen and oxygen atoms in total. The second-order valence-electron chi connectivity index (χ2n) is 9.19. The molecule has 1 aromatic rings. The third-order valence-corrected chi connectivity index (χ3v) is 9.03. The zero-order chi connectivity index (χ0) is 24.1. The first-order chi connectivity index (χ1) is 16.6. The first kappa shape index (κ1) is 26.8. The molecule has 1 aliphatic carbocycles. The number of pyridine rings is 1. The molecule has 2 aliphatic rings. The number of aromatic nitrogens is 1. The molecule has 0 spiro atoms. The molecule has 34 heavy (non-hydrogen) atoms. The molecular weight excluding hydrogens is 454 g/mol. The lowest BCUT2D eigenvalue weighted by Gasteiger charge is -2.29. The Morgan fingerprint density at radius 3 is 2.44 bits per heavy atom. The zero-order valence-corrected chi connectivity index (χ0v) is 21.1. The highest BCUT2D eigenvalue weighted by Gasteiger charge is 2.33. The average molecular weight is 496 g/mol. The van der Waals surface area contributed by atoms with Crippen LogP contribution in [0.5, 0.6) is 0 Å². The summed E-state index contributed by atoms with van der Waals surface area (Å²) in [6.45, 7) is 6.13. The van der Waals surface area contributed by atoms with Gasteiger partial charge in [0.2, 0.25) is 10.0 Å². The largest absolute Gasteiger partial charge is 0.379 e. The zero-order valence-electron chi connectivity index (χ0n) is 20.3. The molecule has 2 heterocycles. The minimum absolute atomic E-state index is 0.195. The number of nitrogens with one attached hydrogen (secondary N) is 2.